The summed E-state index contributed by atoms with van der Waals surface area (Å²) in [5.74, 6) is 1.82. The maximum absolute atomic E-state index is 5.11. The van der Waals surface area contributed by atoms with E-state index >= 15 is 0 Å². The molecule has 0 heterocycles. The molecule has 0 saturated heterocycles. The molecule has 0 spiro atoms. The Balaban J connectivity index is 2.68. The molecule has 0 fully saturated rings. The number of hydrogen-bond acceptors (Lipinski definition) is 4. The number of methoxy groups -OCH3 is 1. The summed E-state index contributed by atoms with van der Waals surface area (Å²) in [5.41, 5.74) is 0.961. The molecule has 0 unspecified atom stereocenters. The number of rotatable bonds is 4. The predicted octanol–water partition coefficient (Wildman–Crippen LogP) is 4.36. The predicted molar refractivity (Wildman–Crippen MR) is 80.9 cm³/mol. The first kappa shape index (κ1) is 14.2. The van der Waals surface area contributed by atoms with Crippen molar-refractivity contribution in [3.05, 3.63) is 36.4 Å². The Morgan fingerprint density at radius 2 is 2.06 bits per heavy atom. The minimum atomic E-state index is 0.858. The van der Waals surface area contributed by atoms with Crippen LogP contribution in [0.5, 0.6) is 5.75 Å². The van der Waals surface area contributed by atoms with E-state index in [1.54, 1.807) is 30.6 Å². The van der Waals surface area contributed by atoms with Crippen LogP contribution in [0.15, 0.2) is 41.4 Å². The third kappa shape index (κ3) is 5.33. The van der Waals surface area contributed by atoms with Gasteiger partial charge in [0.05, 0.1) is 12.8 Å². The average Bonchev–Trinajstić information content (AvgIpc) is 2.38. The number of ether oxygens (including phenoxy) is 1. The molecule has 17 heavy (non-hydrogen) atoms. The van der Waals surface area contributed by atoms with Gasteiger partial charge in [0.2, 0.25) is 0 Å². The van der Waals surface area contributed by atoms with Crippen LogP contribution in [0.4, 0.5) is 5.69 Å². The summed E-state index contributed by atoms with van der Waals surface area (Å²) in [7, 11) is 1.67. The number of allylic oxidation sites excluding steroid dienone is 1. The molecule has 0 bridgehead atoms. The molecule has 0 amide bonds. The van der Waals surface area contributed by atoms with Gasteiger partial charge in [0.25, 0.3) is 0 Å². The van der Waals surface area contributed by atoms with Gasteiger partial charge in [0, 0.05) is 5.75 Å². The fourth-order valence-electron chi connectivity index (χ4n) is 1.11. The van der Waals surface area contributed by atoms with Gasteiger partial charge in [-0.15, -0.1) is 11.8 Å². The molecule has 92 valence electrons. The minimum absolute atomic E-state index is 0.858. The smallest absolute Gasteiger partial charge is 0.130 e. The zero-order valence-corrected chi connectivity index (χ0v) is 12.0. The van der Waals surface area contributed by atoms with Crippen molar-refractivity contribution in [2.75, 3.05) is 19.1 Å². The van der Waals surface area contributed by atoms with Gasteiger partial charge in [0.15, 0.2) is 0 Å². The van der Waals surface area contributed by atoms with Crippen LogP contribution < -0.4 is 4.74 Å². The molecule has 0 aliphatic carbocycles. The summed E-state index contributed by atoms with van der Waals surface area (Å²) in [6.45, 7) is 2.03. The topological polar surface area (TPSA) is 21.6 Å². The van der Waals surface area contributed by atoms with Gasteiger partial charge in [-0.2, -0.15) is 0 Å². The fourth-order valence-corrected chi connectivity index (χ4v) is 2.59. The first-order valence-electron chi connectivity index (χ1n) is 5.31. The highest BCUT2D eigenvalue weighted by Gasteiger charge is 1.98. The van der Waals surface area contributed by atoms with Crippen molar-refractivity contribution in [1.82, 2.24) is 0 Å². The van der Waals surface area contributed by atoms with Gasteiger partial charge in [-0.25, -0.2) is 4.99 Å². The molecule has 1 aromatic rings. The summed E-state index contributed by atoms with van der Waals surface area (Å²) < 4.78 is 6.19. The van der Waals surface area contributed by atoms with Crippen LogP contribution >= 0.6 is 23.5 Å². The van der Waals surface area contributed by atoms with Crippen LogP contribution in [-0.2, 0) is 0 Å². The Morgan fingerprint density at radius 1 is 1.35 bits per heavy atom. The summed E-state index contributed by atoms with van der Waals surface area (Å²) in [6.07, 6.45) is 6.23. The molecule has 1 rings (SSSR count). The van der Waals surface area contributed by atoms with Crippen molar-refractivity contribution in [2.45, 2.75) is 6.92 Å². The van der Waals surface area contributed by atoms with E-state index in [9.17, 15) is 0 Å². The van der Waals surface area contributed by atoms with Crippen molar-refractivity contribution in [2.24, 2.45) is 4.99 Å². The van der Waals surface area contributed by atoms with Crippen LogP contribution in [0.1, 0.15) is 6.92 Å². The fraction of sp³-hybridized carbons (Fsp3) is 0.308. The van der Waals surface area contributed by atoms with E-state index in [-0.39, 0.29) is 0 Å². The highest BCUT2D eigenvalue weighted by molar-refractivity contribution is 8.38. The van der Waals surface area contributed by atoms with Crippen molar-refractivity contribution in [3.8, 4) is 5.75 Å². The number of benzene rings is 1. The van der Waals surface area contributed by atoms with Gasteiger partial charge in [0.1, 0.15) is 10.1 Å². The van der Waals surface area contributed by atoms with Crippen LogP contribution in [0.25, 0.3) is 0 Å². The molecule has 0 N–H and O–H groups in total. The van der Waals surface area contributed by atoms with Gasteiger partial charge < -0.3 is 4.74 Å². The van der Waals surface area contributed by atoms with Gasteiger partial charge in [-0.3, -0.25) is 0 Å². The normalized spacial score (nSPS) is 12.1. The van der Waals surface area contributed by atoms with Crippen LogP contribution in [-0.4, -0.2) is 23.5 Å². The van der Waals surface area contributed by atoms with Crippen LogP contribution in [0.2, 0.25) is 0 Å². The Hall–Kier alpha value is -0.870. The third-order valence-electron chi connectivity index (χ3n) is 2.01. The molecular formula is C13H17NOS2. The zero-order chi connectivity index (χ0) is 12.5. The van der Waals surface area contributed by atoms with E-state index in [4.69, 9.17) is 4.74 Å². The second-order valence-electron chi connectivity index (χ2n) is 3.16. The van der Waals surface area contributed by atoms with Crippen molar-refractivity contribution >= 4 is 33.6 Å². The summed E-state index contributed by atoms with van der Waals surface area (Å²) >= 11 is 3.42. The molecule has 0 aromatic heterocycles. The lowest BCUT2D eigenvalue weighted by atomic mass is 10.3. The third-order valence-corrected chi connectivity index (χ3v) is 4.00. The highest BCUT2D eigenvalue weighted by atomic mass is 32.2. The molecule has 1 aromatic carbocycles. The summed E-state index contributed by atoms with van der Waals surface area (Å²) in [4.78, 5) is 4.58. The second kappa shape index (κ2) is 8.25. The van der Waals surface area contributed by atoms with E-state index in [1.165, 1.54) is 0 Å². The average molecular weight is 267 g/mol. The first-order valence-corrected chi connectivity index (χ1v) is 7.52. The number of nitrogens with zero attached hydrogens (tertiary/aromatic N) is 1. The van der Waals surface area contributed by atoms with Crippen molar-refractivity contribution in [3.63, 3.8) is 0 Å². The number of aliphatic imine (C=N–C) groups is 1. The van der Waals surface area contributed by atoms with Gasteiger partial charge in [-0.1, -0.05) is 23.9 Å². The van der Waals surface area contributed by atoms with E-state index in [0.717, 1.165) is 21.6 Å². The number of hydrogen-bond donors (Lipinski definition) is 0. The minimum Gasteiger partial charge on any atom is -0.497 e. The lowest BCUT2D eigenvalue weighted by molar-refractivity contribution is 0.415. The first-order chi connectivity index (χ1) is 8.30. The Labute approximate surface area is 112 Å². The Bertz CT molecular complexity index is 385. The lowest BCUT2D eigenvalue weighted by Gasteiger charge is -2.02. The highest BCUT2D eigenvalue weighted by Crippen LogP contribution is 2.23. The van der Waals surface area contributed by atoms with E-state index in [2.05, 4.69) is 17.1 Å². The SMILES string of the molecule is C/C=C/CSC(=Nc1ccc(OC)cc1)SC. The van der Waals surface area contributed by atoms with Crippen LogP contribution in [0.3, 0.4) is 0 Å². The summed E-state index contributed by atoms with van der Waals surface area (Å²) in [5, 5.41) is 0. The monoisotopic (exact) mass is 267 g/mol. The van der Waals surface area contributed by atoms with E-state index in [1.807, 2.05) is 37.4 Å². The molecule has 0 aliphatic heterocycles. The maximum Gasteiger partial charge on any atom is 0.130 e. The Kier molecular flexibility index (Phi) is 6.89. The van der Waals surface area contributed by atoms with E-state index in [0.29, 0.717) is 0 Å². The quantitative estimate of drug-likeness (QED) is 0.460. The van der Waals surface area contributed by atoms with Crippen molar-refractivity contribution in [1.29, 1.82) is 0 Å². The molecule has 0 atom stereocenters. The zero-order valence-electron chi connectivity index (χ0n) is 10.3. The molecule has 4 heteroatoms. The largest absolute Gasteiger partial charge is 0.497 e. The second-order valence-corrected chi connectivity index (χ2v) is 5.22. The molecule has 0 radical (unpaired) electrons. The van der Waals surface area contributed by atoms with Crippen LogP contribution in [0, 0.1) is 0 Å². The number of thioether (sulfide) groups is 2. The van der Waals surface area contributed by atoms with Crippen molar-refractivity contribution < 1.29 is 4.74 Å². The van der Waals surface area contributed by atoms with E-state index < -0.39 is 0 Å². The maximum atomic E-state index is 5.11. The molecular weight excluding hydrogens is 250 g/mol. The molecule has 0 aliphatic rings. The lowest BCUT2D eigenvalue weighted by Crippen LogP contribution is -1.85. The molecule has 0 saturated carbocycles. The van der Waals surface area contributed by atoms with Gasteiger partial charge >= 0.3 is 0 Å². The Morgan fingerprint density at radius 3 is 2.59 bits per heavy atom. The standard InChI is InChI=1S/C13H17NOS2/c1-4-5-10-17-13(16-3)14-11-6-8-12(15-2)9-7-11/h4-9H,10H2,1-3H3/b5-4+,14-13?. The molecule has 2 nitrogen and oxygen atoms in total. The summed E-state index contributed by atoms with van der Waals surface area (Å²) in [6, 6.07) is 7.78. The van der Waals surface area contributed by atoms with Gasteiger partial charge in [-0.05, 0) is 37.4 Å².